The second-order valence-electron chi connectivity index (χ2n) is 4.95. The van der Waals surface area contributed by atoms with Crippen LogP contribution in [0.5, 0.6) is 0 Å². The van der Waals surface area contributed by atoms with Crippen LogP contribution in [-0.2, 0) is 11.0 Å². The van der Waals surface area contributed by atoms with Gasteiger partial charge in [0.25, 0.3) is 5.22 Å². The quantitative estimate of drug-likeness (QED) is 0.834. The number of amides is 1. The van der Waals surface area contributed by atoms with Gasteiger partial charge in [-0.1, -0.05) is 11.8 Å². The molecule has 0 saturated carbocycles. The number of rotatable bonds is 4. The Hall–Kier alpha value is -1.96. The van der Waals surface area contributed by atoms with Gasteiger partial charge < -0.3 is 9.73 Å². The first-order valence-electron chi connectivity index (χ1n) is 6.75. The molecular weight excluding hydrogens is 329 g/mol. The zero-order valence-corrected chi connectivity index (χ0v) is 13.5. The molecule has 0 aliphatic carbocycles. The van der Waals surface area contributed by atoms with E-state index >= 15 is 0 Å². The average molecular weight is 344 g/mol. The van der Waals surface area contributed by atoms with Gasteiger partial charge in [0.2, 0.25) is 5.91 Å². The fraction of sp³-hybridized carbons (Fsp3) is 0.333. The van der Waals surface area contributed by atoms with Gasteiger partial charge in [0, 0.05) is 5.69 Å². The van der Waals surface area contributed by atoms with Crippen LogP contribution in [0.2, 0.25) is 0 Å². The van der Waals surface area contributed by atoms with E-state index in [0.717, 1.165) is 29.6 Å². The lowest BCUT2D eigenvalue weighted by molar-refractivity contribution is -0.137. The van der Waals surface area contributed by atoms with Crippen molar-refractivity contribution < 1.29 is 22.4 Å². The molecule has 1 aromatic heterocycles. The molecule has 1 aromatic carbocycles. The monoisotopic (exact) mass is 344 g/mol. The molecule has 1 heterocycles. The first-order valence-corrected chi connectivity index (χ1v) is 7.63. The van der Waals surface area contributed by atoms with Crippen molar-refractivity contribution in [3.8, 4) is 0 Å². The van der Waals surface area contributed by atoms with E-state index in [-0.39, 0.29) is 5.91 Å². The fourth-order valence-corrected chi connectivity index (χ4v) is 2.52. The van der Waals surface area contributed by atoms with E-state index in [0.29, 0.717) is 16.7 Å². The molecule has 1 N–H and O–H groups in total. The molecule has 1 unspecified atom stereocenters. The van der Waals surface area contributed by atoms with Gasteiger partial charge in [-0.25, -0.2) is 4.98 Å². The van der Waals surface area contributed by atoms with Gasteiger partial charge in [0.15, 0.2) is 0 Å². The number of aryl methyl sites for hydroxylation is 2. The molecule has 2 aromatic rings. The first kappa shape index (κ1) is 17.4. The van der Waals surface area contributed by atoms with E-state index in [1.807, 2.05) is 0 Å². The Morgan fingerprint density at radius 1 is 1.26 bits per heavy atom. The minimum absolute atomic E-state index is 0.301. The standard InChI is InChI=1S/C15H15F3N2O2S/c1-8-9(2)22-14(19-8)23-10(3)13(21)20-12-6-4-11(5-7-12)15(16,17)18/h4-7,10H,1-3H3,(H,20,21). The Labute approximate surface area is 135 Å². The molecule has 0 aliphatic heterocycles. The second-order valence-corrected chi connectivity index (χ2v) is 6.24. The van der Waals surface area contributed by atoms with Crippen molar-refractivity contribution in [2.75, 3.05) is 5.32 Å². The number of thioether (sulfide) groups is 1. The van der Waals surface area contributed by atoms with Crippen molar-refractivity contribution >= 4 is 23.4 Å². The van der Waals surface area contributed by atoms with Crippen LogP contribution >= 0.6 is 11.8 Å². The van der Waals surface area contributed by atoms with Gasteiger partial charge in [-0.2, -0.15) is 13.2 Å². The second kappa shape index (κ2) is 6.66. The van der Waals surface area contributed by atoms with Crippen LogP contribution < -0.4 is 5.32 Å². The van der Waals surface area contributed by atoms with Crippen molar-refractivity contribution in [2.45, 2.75) is 37.4 Å². The minimum Gasteiger partial charge on any atom is -0.437 e. The van der Waals surface area contributed by atoms with E-state index in [1.54, 1.807) is 20.8 Å². The van der Waals surface area contributed by atoms with Crippen LogP contribution in [0.3, 0.4) is 0 Å². The summed E-state index contributed by atoms with van der Waals surface area (Å²) in [6, 6.07) is 4.29. The SMILES string of the molecule is Cc1nc(SC(C)C(=O)Nc2ccc(C(F)(F)F)cc2)oc1C. The molecule has 0 spiro atoms. The predicted molar refractivity (Wildman–Crippen MR) is 81.4 cm³/mol. The number of nitrogens with zero attached hydrogens (tertiary/aromatic N) is 1. The Morgan fingerprint density at radius 2 is 1.87 bits per heavy atom. The molecule has 0 bridgehead atoms. The fourth-order valence-electron chi connectivity index (χ4n) is 1.68. The number of carbonyl (C=O) groups excluding carboxylic acids is 1. The number of anilines is 1. The summed E-state index contributed by atoms with van der Waals surface area (Å²) in [5, 5.41) is 2.44. The number of hydrogen-bond donors (Lipinski definition) is 1. The number of oxazole rings is 1. The smallest absolute Gasteiger partial charge is 0.416 e. The van der Waals surface area contributed by atoms with Crippen LogP contribution in [0.25, 0.3) is 0 Å². The minimum atomic E-state index is -4.40. The summed E-state index contributed by atoms with van der Waals surface area (Å²) < 4.78 is 42.8. The van der Waals surface area contributed by atoms with E-state index in [9.17, 15) is 18.0 Å². The summed E-state index contributed by atoms with van der Waals surface area (Å²) in [5.74, 6) is 0.339. The van der Waals surface area contributed by atoms with Crippen molar-refractivity contribution in [3.05, 3.63) is 41.3 Å². The third-order valence-corrected chi connectivity index (χ3v) is 4.08. The van der Waals surface area contributed by atoms with Gasteiger partial charge in [0.05, 0.1) is 16.5 Å². The number of benzene rings is 1. The molecule has 124 valence electrons. The maximum Gasteiger partial charge on any atom is 0.416 e. The Morgan fingerprint density at radius 3 is 2.35 bits per heavy atom. The van der Waals surface area contributed by atoms with Gasteiger partial charge in [-0.15, -0.1) is 0 Å². The lowest BCUT2D eigenvalue weighted by Gasteiger charge is -2.11. The van der Waals surface area contributed by atoms with Gasteiger partial charge in [0.1, 0.15) is 5.76 Å². The van der Waals surface area contributed by atoms with Crippen molar-refractivity contribution in [1.29, 1.82) is 0 Å². The van der Waals surface area contributed by atoms with Gasteiger partial charge in [-0.3, -0.25) is 4.79 Å². The number of alkyl halides is 3. The molecular formula is C15H15F3N2O2S. The molecule has 8 heteroatoms. The highest BCUT2D eigenvalue weighted by atomic mass is 32.2. The lowest BCUT2D eigenvalue weighted by Crippen LogP contribution is -2.22. The van der Waals surface area contributed by atoms with E-state index in [4.69, 9.17) is 4.42 Å². The topological polar surface area (TPSA) is 55.1 Å². The third kappa shape index (κ3) is 4.51. The van der Waals surface area contributed by atoms with Crippen molar-refractivity contribution in [2.24, 2.45) is 0 Å². The lowest BCUT2D eigenvalue weighted by atomic mass is 10.2. The highest BCUT2D eigenvalue weighted by molar-refractivity contribution is 8.00. The number of aromatic nitrogens is 1. The van der Waals surface area contributed by atoms with Crippen LogP contribution in [0.4, 0.5) is 18.9 Å². The van der Waals surface area contributed by atoms with Crippen molar-refractivity contribution in [1.82, 2.24) is 4.98 Å². The molecule has 0 aliphatic rings. The Bertz CT molecular complexity index is 676. The first-order chi connectivity index (χ1) is 10.7. The normalized spacial score (nSPS) is 13.0. The molecule has 0 saturated heterocycles. The molecule has 1 amide bonds. The van der Waals surface area contributed by atoms with Crippen LogP contribution in [0.1, 0.15) is 23.9 Å². The van der Waals surface area contributed by atoms with Gasteiger partial charge >= 0.3 is 6.18 Å². The van der Waals surface area contributed by atoms with E-state index in [2.05, 4.69) is 10.3 Å². The summed E-state index contributed by atoms with van der Waals surface area (Å²) in [6.07, 6.45) is -4.40. The third-order valence-electron chi connectivity index (χ3n) is 3.14. The summed E-state index contributed by atoms with van der Waals surface area (Å²) in [4.78, 5) is 16.2. The van der Waals surface area contributed by atoms with Gasteiger partial charge in [-0.05, 0) is 45.0 Å². The molecule has 2 rings (SSSR count). The highest BCUT2D eigenvalue weighted by Gasteiger charge is 2.30. The van der Waals surface area contributed by atoms with Crippen LogP contribution in [-0.4, -0.2) is 16.1 Å². The number of halogens is 3. The van der Waals surface area contributed by atoms with E-state index < -0.39 is 17.0 Å². The van der Waals surface area contributed by atoms with E-state index in [1.165, 1.54) is 12.1 Å². The Balaban J connectivity index is 1.98. The predicted octanol–water partition coefficient (Wildman–Crippen LogP) is 4.43. The molecule has 0 fully saturated rings. The summed E-state index contributed by atoms with van der Waals surface area (Å²) in [7, 11) is 0. The number of nitrogens with one attached hydrogen (secondary N) is 1. The number of carbonyl (C=O) groups is 1. The zero-order chi connectivity index (χ0) is 17.2. The molecule has 23 heavy (non-hydrogen) atoms. The summed E-state index contributed by atoms with van der Waals surface area (Å²) >= 11 is 1.14. The van der Waals surface area contributed by atoms with Crippen LogP contribution in [0, 0.1) is 13.8 Å². The maximum atomic E-state index is 12.5. The molecule has 4 nitrogen and oxygen atoms in total. The zero-order valence-electron chi connectivity index (χ0n) is 12.7. The molecule has 0 radical (unpaired) electrons. The maximum absolute atomic E-state index is 12.5. The highest BCUT2D eigenvalue weighted by Crippen LogP contribution is 2.30. The van der Waals surface area contributed by atoms with Crippen molar-refractivity contribution in [3.63, 3.8) is 0 Å². The number of hydrogen-bond acceptors (Lipinski definition) is 4. The largest absolute Gasteiger partial charge is 0.437 e. The van der Waals surface area contributed by atoms with Crippen LogP contribution in [0.15, 0.2) is 33.9 Å². The summed E-state index contributed by atoms with van der Waals surface area (Å²) in [5.41, 5.74) is 0.293. The summed E-state index contributed by atoms with van der Waals surface area (Å²) in [6.45, 7) is 5.24. The Kier molecular flexibility index (Phi) is 5.03. The average Bonchev–Trinajstić information content (AvgIpc) is 2.76. The molecule has 1 atom stereocenters.